The summed E-state index contributed by atoms with van der Waals surface area (Å²) in [4.78, 5) is 14.8. The van der Waals surface area contributed by atoms with Crippen molar-refractivity contribution in [1.82, 2.24) is 4.90 Å². The van der Waals surface area contributed by atoms with Crippen LogP contribution in [0.3, 0.4) is 0 Å². The van der Waals surface area contributed by atoms with Gasteiger partial charge in [-0.25, -0.2) is 0 Å². The molecule has 0 bridgehead atoms. The fourth-order valence-electron chi connectivity index (χ4n) is 4.64. The molecule has 1 spiro atoms. The van der Waals surface area contributed by atoms with Crippen LogP contribution < -0.4 is 0 Å². The van der Waals surface area contributed by atoms with Gasteiger partial charge in [-0.2, -0.15) is 5.26 Å². The fourth-order valence-corrected chi connectivity index (χ4v) is 4.64. The van der Waals surface area contributed by atoms with E-state index in [2.05, 4.69) is 6.07 Å². The van der Waals surface area contributed by atoms with Crippen LogP contribution in [0.15, 0.2) is 0 Å². The molecule has 1 heterocycles. The molecule has 2 aliphatic carbocycles. The molecule has 0 aromatic heterocycles. The Balaban J connectivity index is 1.65. The fraction of sp³-hybridized carbons (Fsp3) is 0.882. The summed E-state index contributed by atoms with van der Waals surface area (Å²) < 4.78 is 0. The molecule has 0 radical (unpaired) electrons. The number of carbonyl (C=O) groups is 1. The summed E-state index contributed by atoms with van der Waals surface area (Å²) in [6, 6.07) is 2.38. The summed E-state index contributed by atoms with van der Waals surface area (Å²) in [6.45, 7) is 1.78. The van der Waals surface area contributed by atoms with Crippen LogP contribution in [-0.2, 0) is 4.79 Å². The molecule has 0 N–H and O–H groups in total. The van der Waals surface area contributed by atoms with Crippen molar-refractivity contribution in [2.24, 2.45) is 10.8 Å². The lowest BCUT2D eigenvalue weighted by Gasteiger charge is -2.42. The molecule has 1 saturated heterocycles. The predicted octanol–water partition coefficient (Wildman–Crippen LogP) is 3.64. The lowest BCUT2D eigenvalue weighted by atomic mass is 9.72. The largest absolute Gasteiger partial charge is 0.341 e. The van der Waals surface area contributed by atoms with Crippen LogP contribution in [0.2, 0.25) is 0 Å². The smallest absolute Gasteiger partial charge is 0.243 e. The molecule has 1 amide bonds. The zero-order valence-corrected chi connectivity index (χ0v) is 12.5. The topological polar surface area (TPSA) is 44.1 Å². The van der Waals surface area contributed by atoms with Crippen LogP contribution >= 0.6 is 0 Å². The number of rotatable bonds is 1. The van der Waals surface area contributed by atoms with Crippen LogP contribution in [0.1, 0.15) is 70.6 Å². The van der Waals surface area contributed by atoms with Gasteiger partial charge >= 0.3 is 0 Å². The minimum absolute atomic E-state index is 0.146. The minimum Gasteiger partial charge on any atom is -0.341 e. The zero-order valence-electron chi connectivity index (χ0n) is 12.5. The van der Waals surface area contributed by atoms with E-state index in [0.717, 1.165) is 38.8 Å². The molecule has 0 unspecified atom stereocenters. The first-order chi connectivity index (χ1) is 9.70. The highest BCUT2D eigenvalue weighted by atomic mass is 16.2. The van der Waals surface area contributed by atoms with Crippen molar-refractivity contribution in [2.75, 3.05) is 13.1 Å². The molecule has 0 aromatic carbocycles. The Hall–Kier alpha value is -1.04. The SMILES string of the molecule is N#CC1(C(=O)N2CCC3(CCCC3)CC2)CCCCC1. The number of amides is 1. The molecule has 3 aliphatic rings. The normalized spacial score (nSPS) is 28.2. The van der Waals surface area contributed by atoms with Gasteiger partial charge in [0.15, 0.2) is 0 Å². The number of hydrogen-bond acceptors (Lipinski definition) is 2. The van der Waals surface area contributed by atoms with Crippen LogP contribution in [0.5, 0.6) is 0 Å². The Kier molecular flexibility index (Phi) is 3.75. The molecule has 110 valence electrons. The Morgan fingerprint density at radius 3 is 1.95 bits per heavy atom. The second-order valence-corrected chi connectivity index (χ2v) is 7.25. The predicted molar refractivity (Wildman–Crippen MR) is 77.8 cm³/mol. The van der Waals surface area contributed by atoms with Crippen LogP contribution in [0, 0.1) is 22.2 Å². The summed E-state index contributed by atoms with van der Waals surface area (Å²) in [5.41, 5.74) is -0.137. The van der Waals surface area contributed by atoms with Gasteiger partial charge in [0, 0.05) is 13.1 Å². The van der Waals surface area contributed by atoms with E-state index < -0.39 is 5.41 Å². The lowest BCUT2D eigenvalue weighted by Crippen LogP contribution is -2.49. The molecule has 1 aliphatic heterocycles. The van der Waals surface area contributed by atoms with Crippen molar-refractivity contribution in [3.8, 4) is 6.07 Å². The van der Waals surface area contributed by atoms with Crippen molar-refractivity contribution in [1.29, 1.82) is 5.26 Å². The molecule has 3 rings (SSSR count). The van der Waals surface area contributed by atoms with Gasteiger partial charge in [0.05, 0.1) is 6.07 Å². The maximum Gasteiger partial charge on any atom is 0.243 e. The molecule has 2 saturated carbocycles. The van der Waals surface area contributed by atoms with E-state index in [0.29, 0.717) is 5.41 Å². The maximum atomic E-state index is 12.8. The highest BCUT2D eigenvalue weighted by Gasteiger charge is 2.45. The van der Waals surface area contributed by atoms with E-state index in [1.807, 2.05) is 4.90 Å². The van der Waals surface area contributed by atoms with Crippen molar-refractivity contribution in [3.05, 3.63) is 0 Å². The van der Waals surface area contributed by atoms with Crippen molar-refractivity contribution in [3.63, 3.8) is 0 Å². The first kappa shape index (κ1) is 13.9. The first-order valence-electron chi connectivity index (χ1n) is 8.41. The number of carbonyl (C=O) groups excluding carboxylic acids is 1. The summed E-state index contributed by atoms with van der Waals surface area (Å²) in [5.74, 6) is 0.146. The van der Waals surface area contributed by atoms with Gasteiger partial charge in [0.2, 0.25) is 5.91 Å². The highest BCUT2D eigenvalue weighted by Crippen LogP contribution is 2.47. The van der Waals surface area contributed by atoms with Crippen LogP contribution in [0.4, 0.5) is 0 Å². The Bertz CT molecular complexity index is 401. The number of nitrogens with zero attached hydrogens (tertiary/aromatic N) is 2. The van der Waals surface area contributed by atoms with Crippen molar-refractivity contribution in [2.45, 2.75) is 70.6 Å². The third-order valence-electron chi connectivity index (χ3n) is 6.11. The zero-order chi connectivity index (χ0) is 14.1. The third kappa shape index (κ3) is 2.34. The van der Waals surface area contributed by atoms with E-state index in [1.54, 1.807) is 0 Å². The number of piperidine rings is 1. The standard InChI is InChI=1S/C17H26N2O/c18-14-17(8-2-1-3-9-17)15(20)19-12-10-16(11-13-19)6-4-5-7-16/h1-13H2. The molecule has 20 heavy (non-hydrogen) atoms. The van der Waals surface area contributed by atoms with E-state index in [-0.39, 0.29) is 5.91 Å². The monoisotopic (exact) mass is 274 g/mol. The molecule has 0 aromatic rings. The van der Waals surface area contributed by atoms with Crippen LogP contribution in [-0.4, -0.2) is 23.9 Å². The van der Waals surface area contributed by atoms with Crippen molar-refractivity contribution >= 4 is 5.91 Å². The van der Waals surface area contributed by atoms with Gasteiger partial charge < -0.3 is 4.90 Å². The Labute approximate surface area is 122 Å². The first-order valence-corrected chi connectivity index (χ1v) is 8.41. The summed E-state index contributed by atoms with van der Waals surface area (Å²) >= 11 is 0. The second-order valence-electron chi connectivity index (χ2n) is 7.25. The van der Waals surface area contributed by atoms with Crippen LogP contribution in [0.25, 0.3) is 0 Å². The van der Waals surface area contributed by atoms with Gasteiger partial charge in [0.1, 0.15) is 5.41 Å². The minimum atomic E-state index is -0.682. The maximum absolute atomic E-state index is 12.8. The summed E-state index contributed by atoms with van der Waals surface area (Å²) in [6.07, 6.45) is 12.6. The lowest BCUT2D eigenvalue weighted by molar-refractivity contribution is -0.143. The number of nitriles is 1. The number of likely N-dealkylation sites (tertiary alicyclic amines) is 1. The van der Waals surface area contributed by atoms with Gasteiger partial charge in [-0.3, -0.25) is 4.79 Å². The van der Waals surface area contributed by atoms with Gasteiger partial charge in [-0.1, -0.05) is 32.1 Å². The molecule has 3 nitrogen and oxygen atoms in total. The van der Waals surface area contributed by atoms with Crippen molar-refractivity contribution < 1.29 is 4.79 Å². The molecular weight excluding hydrogens is 248 g/mol. The van der Waals surface area contributed by atoms with Gasteiger partial charge in [-0.15, -0.1) is 0 Å². The number of hydrogen-bond donors (Lipinski definition) is 0. The van der Waals surface area contributed by atoms with Gasteiger partial charge in [0.25, 0.3) is 0 Å². The highest BCUT2D eigenvalue weighted by molar-refractivity contribution is 5.85. The average molecular weight is 274 g/mol. The van der Waals surface area contributed by atoms with E-state index >= 15 is 0 Å². The summed E-state index contributed by atoms with van der Waals surface area (Å²) in [5, 5.41) is 9.55. The molecule has 3 fully saturated rings. The van der Waals surface area contributed by atoms with E-state index in [9.17, 15) is 10.1 Å². The summed E-state index contributed by atoms with van der Waals surface area (Å²) in [7, 11) is 0. The quantitative estimate of drug-likeness (QED) is 0.732. The molecule has 0 atom stereocenters. The second kappa shape index (κ2) is 5.39. The molecule has 3 heteroatoms. The van der Waals surface area contributed by atoms with E-state index in [1.165, 1.54) is 44.9 Å². The average Bonchev–Trinajstić information content (AvgIpc) is 2.96. The van der Waals surface area contributed by atoms with Gasteiger partial charge in [-0.05, 0) is 43.9 Å². The Morgan fingerprint density at radius 2 is 1.40 bits per heavy atom. The Morgan fingerprint density at radius 1 is 0.850 bits per heavy atom. The molecular formula is C17H26N2O. The van der Waals surface area contributed by atoms with E-state index in [4.69, 9.17) is 0 Å². The third-order valence-corrected chi connectivity index (χ3v) is 6.11.